The van der Waals surface area contributed by atoms with E-state index in [0.717, 1.165) is 0 Å². The molecule has 0 rings (SSSR count). The third-order valence-corrected chi connectivity index (χ3v) is 3.05. The fraction of sp³-hybridized carbons (Fsp3) is 0.923. The highest BCUT2D eigenvalue weighted by atomic mass is 127. The van der Waals surface area contributed by atoms with Gasteiger partial charge in [0.2, 0.25) is 0 Å². The van der Waals surface area contributed by atoms with Crippen molar-refractivity contribution in [2.75, 3.05) is 33.7 Å². The number of hydrogen-bond acceptors (Lipinski definition) is 2. The van der Waals surface area contributed by atoms with E-state index in [4.69, 9.17) is 0 Å². The smallest absolute Gasteiger partial charge is 0.356 e. The topological polar surface area (TPSA) is 39.7 Å². The van der Waals surface area contributed by atoms with E-state index in [2.05, 4.69) is 36.4 Å². The van der Waals surface area contributed by atoms with Crippen molar-refractivity contribution in [3.63, 3.8) is 0 Å². The van der Waals surface area contributed by atoms with E-state index >= 15 is 0 Å². The number of aliphatic imine (C=N–C) groups is 1. The second-order valence-corrected chi connectivity index (χ2v) is 5.38. The largest absolute Gasteiger partial charge is 0.401 e. The summed E-state index contributed by atoms with van der Waals surface area (Å²) in [7, 11) is 3.15. The molecule has 0 aliphatic rings. The fourth-order valence-electron chi connectivity index (χ4n) is 1.52. The van der Waals surface area contributed by atoms with Crippen LogP contribution in [0.15, 0.2) is 4.99 Å². The Hall–Kier alpha value is -0.250. The molecule has 0 bridgehead atoms. The van der Waals surface area contributed by atoms with Crippen LogP contribution >= 0.6 is 24.0 Å². The molecule has 1 unspecified atom stereocenters. The van der Waals surface area contributed by atoms with Crippen LogP contribution in [0.3, 0.4) is 0 Å². The van der Waals surface area contributed by atoms with Crippen molar-refractivity contribution in [2.24, 2.45) is 10.9 Å². The molecule has 21 heavy (non-hydrogen) atoms. The monoisotopic (exact) mass is 424 g/mol. The van der Waals surface area contributed by atoms with E-state index in [1.54, 1.807) is 7.05 Å². The summed E-state index contributed by atoms with van der Waals surface area (Å²) in [6, 6.07) is 0.286. The Balaban J connectivity index is 0. The maximum atomic E-state index is 12.1. The van der Waals surface area contributed by atoms with Gasteiger partial charge in [-0.1, -0.05) is 13.8 Å². The van der Waals surface area contributed by atoms with Gasteiger partial charge in [0, 0.05) is 19.6 Å². The molecule has 4 nitrogen and oxygen atoms in total. The van der Waals surface area contributed by atoms with Crippen molar-refractivity contribution in [3.05, 3.63) is 0 Å². The van der Waals surface area contributed by atoms with E-state index in [-0.39, 0.29) is 30.0 Å². The lowest BCUT2D eigenvalue weighted by molar-refractivity contribution is -0.143. The molecule has 0 aromatic carbocycles. The van der Waals surface area contributed by atoms with E-state index in [1.165, 1.54) is 11.9 Å². The molecule has 0 radical (unpaired) electrons. The highest BCUT2D eigenvalue weighted by molar-refractivity contribution is 14.0. The van der Waals surface area contributed by atoms with E-state index in [1.807, 2.05) is 0 Å². The van der Waals surface area contributed by atoms with E-state index in [0.29, 0.717) is 31.4 Å². The first-order valence-electron chi connectivity index (χ1n) is 6.88. The number of nitrogens with zero attached hydrogens (tertiary/aromatic N) is 2. The first-order chi connectivity index (χ1) is 9.15. The lowest BCUT2D eigenvalue weighted by Gasteiger charge is -2.21. The predicted octanol–water partition coefficient (Wildman–Crippen LogP) is 2.70. The molecule has 0 aliphatic heterocycles. The predicted molar refractivity (Wildman–Crippen MR) is 92.4 cm³/mol. The minimum atomic E-state index is -4.13. The van der Waals surface area contributed by atoms with Crippen LogP contribution in [0.4, 0.5) is 13.2 Å². The van der Waals surface area contributed by atoms with Gasteiger partial charge in [-0.15, -0.1) is 24.0 Å². The van der Waals surface area contributed by atoms with Crippen LogP contribution in [0, 0.1) is 5.92 Å². The molecule has 0 spiro atoms. The molecule has 0 saturated carbocycles. The Morgan fingerprint density at radius 2 is 1.81 bits per heavy atom. The minimum absolute atomic E-state index is 0. The van der Waals surface area contributed by atoms with Gasteiger partial charge in [0.25, 0.3) is 0 Å². The van der Waals surface area contributed by atoms with E-state index in [9.17, 15) is 13.2 Å². The summed E-state index contributed by atoms with van der Waals surface area (Å²) in [6.07, 6.45) is -3.50. The molecule has 0 saturated heterocycles. The van der Waals surface area contributed by atoms with Crippen molar-refractivity contribution < 1.29 is 13.2 Å². The third-order valence-electron chi connectivity index (χ3n) is 3.05. The Morgan fingerprint density at radius 3 is 2.24 bits per heavy atom. The Bertz CT molecular complexity index is 296. The summed E-state index contributed by atoms with van der Waals surface area (Å²) in [5.74, 6) is 1.16. The summed E-state index contributed by atoms with van der Waals surface area (Å²) in [4.78, 5) is 5.36. The van der Waals surface area contributed by atoms with Crippen LogP contribution in [0.5, 0.6) is 0 Å². The molecule has 0 aliphatic carbocycles. The van der Waals surface area contributed by atoms with Crippen LogP contribution < -0.4 is 10.6 Å². The van der Waals surface area contributed by atoms with Gasteiger partial charge in [-0.2, -0.15) is 13.2 Å². The average molecular weight is 424 g/mol. The third kappa shape index (κ3) is 13.2. The molecule has 0 aromatic rings. The maximum absolute atomic E-state index is 12.1. The molecule has 2 N–H and O–H groups in total. The number of halogens is 4. The summed E-state index contributed by atoms with van der Waals surface area (Å²) in [5, 5.41) is 6.34. The maximum Gasteiger partial charge on any atom is 0.401 e. The average Bonchev–Trinajstić information content (AvgIpc) is 2.30. The molecule has 0 amide bonds. The molecule has 1 atom stereocenters. The van der Waals surface area contributed by atoms with Gasteiger partial charge in [-0.25, -0.2) is 0 Å². The number of nitrogens with one attached hydrogen (secondary N) is 2. The summed E-state index contributed by atoms with van der Waals surface area (Å²) in [5.41, 5.74) is 0. The van der Waals surface area contributed by atoms with Crippen LogP contribution in [-0.4, -0.2) is 56.8 Å². The van der Waals surface area contributed by atoms with Gasteiger partial charge in [0.15, 0.2) is 5.96 Å². The van der Waals surface area contributed by atoms with Crippen molar-refractivity contribution in [1.29, 1.82) is 0 Å². The molecular weight excluding hydrogens is 396 g/mol. The minimum Gasteiger partial charge on any atom is -0.356 e. The first-order valence-corrected chi connectivity index (χ1v) is 6.88. The molecule has 128 valence electrons. The quantitative estimate of drug-likeness (QED) is 0.286. The SMILES string of the molecule is CN=C(NCCCN(C)CC(F)(F)F)NC(C)C(C)C.I. The van der Waals surface area contributed by atoms with Crippen LogP contribution in [0.1, 0.15) is 27.2 Å². The first kappa shape index (κ1) is 23.0. The molecular formula is C13H28F3IN4. The summed E-state index contributed by atoms with van der Waals surface area (Å²) in [6.45, 7) is 6.39. The van der Waals surface area contributed by atoms with Gasteiger partial charge in [-0.05, 0) is 32.9 Å². The molecule has 0 fully saturated rings. The van der Waals surface area contributed by atoms with Gasteiger partial charge in [0.05, 0.1) is 6.54 Å². The lowest BCUT2D eigenvalue weighted by atomic mass is 10.1. The second kappa shape index (κ2) is 11.3. The van der Waals surface area contributed by atoms with Crippen LogP contribution in [-0.2, 0) is 0 Å². The summed E-state index contributed by atoms with van der Waals surface area (Å²) >= 11 is 0. The zero-order valence-corrected chi connectivity index (χ0v) is 15.8. The Morgan fingerprint density at radius 1 is 1.24 bits per heavy atom. The van der Waals surface area contributed by atoms with Crippen molar-refractivity contribution in [2.45, 2.75) is 39.4 Å². The van der Waals surface area contributed by atoms with Gasteiger partial charge in [-0.3, -0.25) is 9.89 Å². The lowest BCUT2D eigenvalue weighted by Crippen LogP contribution is -2.45. The van der Waals surface area contributed by atoms with Gasteiger partial charge < -0.3 is 10.6 Å². The normalized spacial score (nSPS) is 14.1. The zero-order valence-electron chi connectivity index (χ0n) is 13.4. The fourth-order valence-corrected chi connectivity index (χ4v) is 1.52. The number of alkyl halides is 3. The molecule has 0 aromatic heterocycles. The van der Waals surface area contributed by atoms with Crippen molar-refractivity contribution in [3.8, 4) is 0 Å². The number of guanidine groups is 1. The number of rotatable bonds is 7. The van der Waals surface area contributed by atoms with Gasteiger partial charge in [0.1, 0.15) is 0 Å². The molecule has 0 heterocycles. The standard InChI is InChI=1S/C13H27F3N4.HI/c1-10(2)11(3)19-12(17-4)18-7-6-8-20(5)9-13(14,15)16;/h10-11H,6-9H2,1-5H3,(H2,17,18,19);1H. The van der Waals surface area contributed by atoms with Crippen molar-refractivity contribution >= 4 is 29.9 Å². The Labute approximate surface area is 143 Å². The van der Waals surface area contributed by atoms with E-state index < -0.39 is 12.7 Å². The van der Waals surface area contributed by atoms with Gasteiger partial charge >= 0.3 is 6.18 Å². The van der Waals surface area contributed by atoms with Crippen LogP contribution in [0.25, 0.3) is 0 Å². The van der Waals surface area contributed by atoms with Crippen molar-refractivity contribution in [1.82, 2.24) is 15.5 Å². The van der Waals surface area contributed by atoms with Crippen LogP contribution in [0.2, 0.25) is 0 Å². The number of hydrogen-bond donors (Lipinski definition) is 2. The molecule has 8 heteroatoms. The highest BCUT2D eigenvalue weighted by Crippen LogP contribution is 2.15. The highest BCUT2D eigenvalue weighted by Gasteiger charge is 2.28. The summed E-state index contributed by atoms with van der Waals surface area (Å²) < 4.78 is 36.4. The zero-order chi connectivity index (χ0) is 15.8. The second-order valence-electron chi connectivity index (χ2n) is 5.38. The Kier molecular flexibility index (Phi) is 12.4.